The summed E-state index contributed by atoms with van der Waals surface area (Å²) in [6, 6.07) is 6.94. The van der Waals surface area contributed by atoms with Crippen LogP contribution in [0.1, 0.15) is 0 Å². The quantitative estimate of drug-likeness (QED) is 0.637. The number of rotatable bonds is 3. The van der Waals surface area contributed by atoms with Gasteiger partial charge in [-0.3, -0.25) is 14.5 Å². The van der Waals surface area contributed by atoms with Crippen molar-refractivity contribution in [1.82, 2.24) is 10.2 Å². The molecule has 1 saturated heterocycles. The Morgan fingerprint density at radius 1 is 1.39 bits per heavy atom. The average Bonchev–Trinajstić information content (AvgIpc) is 2.32. The Kier molecular flexibility index (Phi) is 3.78. The lowest BCUT2D eigenvalue weighted by molar-refractivity contribution is -0.125. The number of benzene rings is 1. The number of nitrogen functional groups attached to an aromatic ring is 1. The summed E-state index contributed by atoms with van der Waals surface area (Å²) in [7, 11) is 0. The molecule has 96 valence electrons. The van der Waals surface area contributed by atoms with E-state index in [-0.39, 0.29) is 24.9 Å². The zero-order valence-electron chi connectivity index (χ0n) is 9.98. The SMILES string of the molecule is Nc1ccc(NC(=O)CN2CCNC(=O)C2)cc1. The van der Waals surface area contributed by atoms with Gasteiger partial charge in [0.15, 0.2) is 0 Å². The molecule has 0 atom stereocenters. The Morgan fingerprint density at radius 2 is 2.11 bits per heavy atom. The average molecular weight is 248 g/mol. The van der Waals surface area contributed by atoms with E-state index in [4.69, 9.17) is 5.73 Å². The molecular weight excluding hydrogens is 232 g/mol. The first-order valence-electron chi connectivity index (χ1n) is 5.78. The third-order valence-electron chi connectivity index (χ3n) is 2.68. The van der Waals surface area contributed by atoms with E-state index in [1.807, 2.05) is 4.90 Å². The number of amides is 2. The normalized spacial score (nSPS) is 16.1. The number of piperazine rings is 1. The summed E-state index contributed by atoms with van der Waals surface area (Å²) in [5, 5.41) is 5.48. The maximum atomic E-state index is 11.8. The Labute approximate surface area is 105 Å². The van der Waals surface area contributed by atoms with Gasteiger partial charge in [-0.05, 0) is 24.3 Å². The molecule has 6 heteroatoms. The van der Waals surface area contributed by atoms with E-state index in [9.17, 15) is 9.59 Å². The van der Waals surface area contributed by atoms with Gasteiger partial charge in [0, 0.05) is 24.5 Å². The molecule has 0 unspecified atom stereocenters. The Bertz CT molecular complexity index is 444. The number of anilines is 2. The summed E-state index contributed by atoms with van der Waals surface area (Å²) in [5.74, 6) is -0.170. The molecule has 1 aliphatic heterocycles. The van der Waals surface area contributed by atoms with E-state index in [1.165, 1.54) is 0 Å². The number of carbonyl (C=O) groups is 2. The molecule has 0 bridgehead atoms. The van der Waals surface area contributed by atoms with Crippen molar-refractivity contribution < 1.29 is 9.59 Å². The fraction of sp³-hybridized carbons (Fsp3) is 0.333. The molecule has 1 aromatic rings. The van der Waals surface area contributed by atoms with Crippen LogP contribution in [0.5, 0.6) is 0 Å². The van der Waals surface area contributed by atoms with Gasteiger partial charge in [0.2, 0.25) is 11.8 Å². The lowest BCUT2D eigenvalue weighted by Gasteiger charge is -2.25. The number of nitrogens with one attached hydrogen (secondary N) is 2. The number of hydrogen-bond acceptors (Lipinski definition) is 4. The molecule has 18 heavy (non-hydrogen) atoms. The summed E-state index contributed by atoms with van der Waals surface area (Å²) in [4.78, 5) is 24.7. The molecule has 2 rings (SSSR count). The van der Waals surface area contributed by atoms with Crippen LogP contribution < -0.4 is 16.4 Å². The third kappa shape index (κ3) is 3.46. The van der Waals surface area contributed by atoms with Crippen LogP contribution in [0.2, 0.25) is 0 Å². The first-order valence-corrected chi connectivity index (χ1v) is 5.78. The van der Waals surface area contributed by atoms with Gasteiger partial charge in [-0.25, -0.2) is 0 Å². The highest BCUT2D eigenvalue weighted by Crippen LogP contribution is 2.10. The van der Waals surface area contributed by atoms with E-state index in [1.54, 1.807) is 24.3 Å². The minimum atomic E-state index is -0.130. The van der Waals surface area contributed by atoms with Crippen molar-refractivity contribution in [2.75, 3.05) is 37.2 Å². The second-order valence-electron chi connectivity index (χ2n) is 4.23. The fourth-order valence-electron chi connectivity index (χ4n) is 1.80. The highest BCUT2D eigenvalue weighted by atomic mass is 16.2. The zero-order valence-corrected chi connectivity index (χ0v) is 9.98. The van der Waals surface area contributed by atoms with E-state index in [2.05, 4.69) is 10.6 Å². The van der Waals surface area contributed by atoms with Gasteiger partial charge >= 0.3 is 0 Å². The second-order valence-corrected chi connectivity index (χ2v) is 4.23. The monoisotopic (exact) mass is 248 g/mol. The molecule has 1 aromatic carbocycles. The van der Waals surface area contributed by atoms with Crippen LogP contribution in [-0.2, 0) is 9.59 Å². The Hall–Kier alpha value is -2.08. The molecule has 0 saturated carbocycles. The van der Waals surface area contributed by atoms with Crippen LogP contribution in [0.3, 0.4) is 0 Å². The fourth-order valence-corrected chi connectivity index (χ4v) is 1.80. The third-order valence-corrected chi connectivity index (χ3v) is 2.68. The molecular formula is C12H16N4O2. The maximum Gasteiger partial charge on any atom is 0.238 e. The minimum absolute atomic E-state index is 0.0402. The van der Waals surface area contributed by atoms with Crippen molar-refractivity contribution in [2.24, 2.45) is 0 Å². The highest BCUT2D eigenvalue weighted by molar-refractivity contribution is 5.92. The summed E-state index contributed by atoms with van der Waals surface area (Å²) in [6.07, 6.45) is 0. The summed E-state index contributed by atoms with van der Waals surface area (Å²) < 4.78 is 0. The molecule has 1 aliphatic rings. The van der Waals surface area contributed by atoms with E-state index >= 15 is 0 Å². The molecule has 0 aromatic heterocycles. The van der Waals surface area contributed by atoms with Gasteiger partial charge < -0.3 is 16.4 Å². The van der Waals surface area contributed by atoms with Gasteiger partial charge in [-0.1, -0.05) is 0 Å². The standard InChI is InChI=1S/C12H16N4O2/c13-9-1-3-10(4-2-9)15-12(18)8-16-6-5-14-11(17)7-16/h1-4H,5-8,13H2,(H,14,17)(H,15,18). The van der Waals surface area contributed by atoms with Gasteiger partial charge in [0.1, 0.15) is 0 Å². The van der Waals surface area contributed by atoms with E-state index < -0.39 is 0 Å². The number of nitrogens with two attached hydrogens (primary N) is 1. The van der Waals surface area contributed by atoms with Gasteiger partial charge in [-0.15, -0.1) is 0 Å². The molecule has 4 N–H and O–H groups in total. The number of nitrogens with zero attached hydrogens (tertiary/aromatic N) is 1. The molecule has 6 nitrogen and oxygen atoms in total. The first kappa shape index (κ1) is 12.4. The van der Waals surface area contributed by atoms with Crippen molar-refractivity contribution in [3.05, 3.63) is 24.3 Å². The molecule has 2 amide bonds. The predicted octanol–water partition coefficient (Wildman–Crippen LogP) is -0.361. The maximum absolute atomic E-state index is 11.8. The topological polar surface area (TPSA) is 87.5 Å². The van der Waals surface area contributed by atoms with Crippen LogP contribution in [0.25, 0.3) is 0 Å². The van der Waals surface area contributed by atoms with E-state index in [0.29, 0.717) is 24.5 Å². The number of hydrogen-bond donors (Lipinski definition) is 3. The first-order chi connectivity index (χ1) is 8.63. The molecule has 0 aliphatic carbocycles. The second kappa shape index (κ2) is 5.50. The predicted molar refractivity (Wildman–Crippen MR) is 68.9 cm³/mol. The Balaban J connectivity index is 1.84. The minimum Gasteiger partial charge on any atom is -0.399 e. The lowest BCUT2D eigenvalue weighted by Crippen LogP contribution is -2.49. The summed E-state index contributed by atoms with van der Waals surface area (Å²) >= 11 is 0. The smallest absolute Gasteiger partial charge is 0.238 e. The van der Waals surface area contributed by atoms with Gasteiger partial charge in [-0.2, -0.15) is 0 Å². The van der Waals surface area contributed by atoms with Gasteiger partial charge in [0.25, 0.3) is 0 Å². The van der Waals surface area contributed by atoms with Crippen molar-refractivity contribution >= 4 is 23.2 Å². The molecule has 1 heterocycles. The summed E-state index contributed by atoms with van der Waals surface area (Å²) in [6.45, 7) is 1.78. The van der Waals surface area contributed by atoms with Crippen LogP contribution in [-0.4, -0.2) is 42.9 Å². The van der Waals surface area contributed by atoms with Crippen molar-refractivity contribution in [1.29, 1.82) is 0 Å². The Morgan fingerprint density at radius 3 is 2.78 bits per heavy atom. The van der Waals surface area contributed by atoms with Gasteiger partial charge in [0.05, 0.1) is 13.1 Å². The van der Waals surface area contributed by atoms with Crippen molar-refractivity contribution in [3.8, 4) is 0 Å². The van der Waals surface area contributed by atoms with Crippen LogP contribution in [0, 0.1) is 0 Å². The molecule has 1 fully saturated rings. The highest BCUT2D eigenvalue weighted by Gasteiger charge is 2.18. The summed E-state index contributed by atoms with van der Waals surface area (Å²) in [5.41, 5.74) is 6.91. The van der Waals surface area contributed by atoms with Crippen LogP contribution in [0.4, 0.5) is 11.4 Å². The number of carbonyl (C=O) groups excluding carboxylic acids is 2. The molecule has 0 spiro atoms. The van der Waals surface area contributed by atoms with Crippen LogP contribution >= 0.6 is 0 Å². The van der Waals surface area contributed by atoms with E-state index in [0.717, 1.165) is 0 Å². The largest absolute Gasteiger partial charge is 0.399 e. The zero-order chi connectivity index (χ0) is 13.0. The van der Waals surface area contributed by atoms with Crippen molar-refractivity contribution in [2.45, 2.75) is 0 Å². The molecule has 0 radical (unpaired) electrons. The van der Waals surface area contributed by atoms with Crippen molar-refractivity contribution in [3.63, 3.8) is 0 Å². The lowest BCUT2D eigenvalue weighted by atomic mass is 10.3. The van der Waals surface area contributed by atoms with Crippen LogP contribution in [0.15, 0.2) is 24.3 Å².